The Morgan fingerprint density at radius 2 is 1.96 bits per heavy atom. The lowest BCUT2D eigenvalue weighted by Crippen LogP contribution is -2.45. The summed E-state index contributed by atoms with van der Waals surface area (Å²) in [6, 6.07) is -1.24. The minimum Gasteiger partial charge on any atom is -0.478 e. The normalized spacial score (nSPS) is 20.8. The zero-order valence-corrected chi connectivity index (χ0v) is 14.8. The van der Waals surface area contributed by atoms with E-state index in [1.807, 2.05) is 0 Å². The predicted octanol–water partition coefficient (Wildman–Crippen LogP) is -0.299. The van der Waals surface area contributed by atoms with Crippen molar-refractivity contribution >= 4 is 23.8 Å². The highest BCUT2D eigenvalue weighted by atomic mass is 16.6. The van der Waals surface area contributed by atoms with E-state index in [4.69, 9.17) is 14.6 Å². The Bertz CT molecular complexity index is 565. The Hall–Kier alpha value is -2.42. The van der Waals surface area contributed by atoms with Crippen molar-refractivity contribution in [2.24, 2.45) is 0 Å². The lowest BCUT2D eigenvalue weighted by Gasteiger charge is -2.26. The van der Waals surface area contributed by atoms with Crippen molar-refractivity contribution in [3.8, 4) is 0 Å². The molecule has 1 fully saturated rings. The fourth-order valence-electron chi connectivity index (χ4n) is 2.44. The van der Waals surface area contributed by atoms with Crippen molar-refractivity contribution in [2.45, 2.75) is 44.9 Å². The molecule has 0 bridgehead atoms. The number of carboxylic acids is 1. The number of aliphatic carboxylic acids is 1. The third-order valence-electron chi connectivity index (χ3n) is 3.30. The molecular formula is C16H24N2O7. The van der Waals surface area contributed by atoms with E-state index in [1.54, 1.807) is 20.8 Å². The van der Waals surface area contributed by atoms with Gasteiger partial charge in [-0.05, 0) is 27.2 Å². The molecule has 1 aliphatic rings. The minimum atomic E-state index is -1.27. The van der Waals surface area contributed by atoms with E-state index in [-0.39, 0.29) is 19.6 Å². The van der Waals surface area contributed by atoms with Gasteiger partial charge in [0.15, 0.2) is 0 Å². The molecule has 0 aliphatic carbocycles. The van der Waals surface area contributed by atoms with E-state index >= 15 is 0 Å². The standard InChI is InChI=1S/C16H24N2O7/c1-16(2,3)25-14(22)8-18-10(9-24-4)7-11(15(18)23)17-12(19)5-6-13(20)21/h5-6,10-11H,7-9H2,1-4H3,(H,17,19)(H,20,21)/b6-5+/t10-,11-/m0/s1. The molecule has 0 unspecified atom stereocenters. The van der Waals surface area contributed by atoms with Gasteiger partial charge in [0.25, 0.3) is 0 Å². The summed E-state index contributed by atoms with van der Waals surface area (Å²) in [5, 5.41) is 10.9. The Balaban J connectivity index is 2.76. The number of nitrogens with zero attached hydrogens (tertiary/aromatic N) is 1. The van der Waals surface area contributed by atoms with Crippen LogP contribution in [0.2, 0.25) is 0 Å². The number of rotatable bonds is 7. The van der Waals surface area contributed by atoms with Gasteiger partial charge in [-0.1, -0.05) is 0 Å². The Morgan fingerprint density at radius 3 is 2.48 bits per heavy atom. The van der Waals surface area contributed by atoms with E-state index < -0.39 is 41.4 Å². The second-order valence-electron chi connectivity index (χ2n) is 6.63. The Labute approximate surface area is 145 Å². The number of amides is 2. The summed E-state index contributed by atoms with van der Waals surface area (Å²) in [6.45, 7) is 5.12. The first-order chi connectivity index (χ1) is 11.5. The van der Waals surface area contributed by atoms with Crippen LogP contribution in [0.3, 0.4) is 0 Å². The zero-order chi connectivity index (χ0) is 19.2. The van der Waals surface area contributed by atoms with Gasteiger partial charge in [0, 0.05) is 19.3 Å². The molecule has 1 aliphatic heterocycles. The predicted molar refractivity (Wildman–Crippen MR) is 86.5 cm³/mol. The number of carboxylic acid groups (broad SMARTS) is 1. The van der Waals surface area contributed by atoms with Gasteiger partial charge in [0.05, 0.1) is 12.6 Å². The van der Waals surface area contributed by atoms with Crippen molar-refractivity contribution in [2.75, 3.05) is 20.3 Å². The highest BCUT2D eigenvalue weighted by Crippen LogP contribution is 2.20. The van der Waals surface area contributed by atoms with Crippen LogP contribution in [0.25, 0.3) is 0 Å². The number of likely N-dealkylation sites (tertiary alicyclic amines) is 1. The molecule has 2 atom stereocenters. The summed E-state index contributed by atoms with van der Waals surface area (Å²) in [6.07, 6.45) is 1.76. The first-order valence-corrected chi connectivity index (χ1v) is 7.76. The molecular weight excluding hydrogens is 332 g/mol. The zero-order valence-electron chi connectivity index (χ0n) is 14.8. The molecule has 9 nitrogen and oxygen atoms in total. The molecule has 1 saturated heterocycles. The molecule has 0 aromatic carbocycles. The van der Waals surface area contributed by atoms with Crippen molar-refractivity contribution < 1.29 is 33.8 Å². The quantitative estimate of drug-likeness (QED) is 0.474. The summed E-state index contributed by atoms with van der Waals surface area (Å²) in [5.74, 6) is -2.96. The molecule has 9 heteroatoms. The van der Waals surface area contributed by atoms with Crippen LogP contribution in [0.4, 0.5) is 0 Å². The van der Waals surface area contributed by atoms with Crippen LogP contribution in [-0.4, -0.2) is 71.7 Å². The van der Waals surface area contributed by atoms with Crippen LogP contribution in [0, 0.1) is 0 Å². The van der Waals surface area contributed by atoms with E-state index in [2.05, 4.69) is 5.32 Å². The lowest BCUT2D eigenvalue weighted by atomic mass is 10.1. The number of carbonyl (C=O) groups excluding carboxylic acids is 3. The van der Waals surface area contributed by atoms with Gasteiger partial charge >= 0.3 is 11.9 Å². The molecule has 25 heavy (non-hydrogen) atoms. The summed E-state index contributed by atoms with van der Waals surface area (Å²) >= 11 is 0. The van der Waals surface area contributed by atoms with Crippen molar-refractivity contribution in [3.63, 3.8) is 0 Å². The number of hydrogen-bond donors (Lipinski definition) is 2. The maximum atomic E-state index is 12.5. The molecule has 1 rings (SSSR count). The first kappa shape index (κ1) is 20.6. The van der Waals surface area contributed by atoms with E-state index in [0.717, 1.165) is 6.08 Å². The molecule has 0 aromatic rings. The molecule has 0 saturated carbocycles. The maximum absolute atomic E-state index is 12.5. The lowest BCUT2D eigenvalue weighted by molar-refractivity contribution is -0.159. The van der Waals surface area contributed by atoms with Gasteiger partial charge in [-0.3, -0.25) is 14.4 Å². The van der Waals surface area contributed by atoms with E-state index in [9.17, 15) is 19.2 Å². The number of ether oxygens (including phenoxy) is 2. The van der Waals surface area contributed by atoms with Crippen molar-refractivity contribution in [1.82, 2.24) is 10.2 Å². The van der Waals surface area contributed by atoms with Crippen LogP contribution in [0.5, 0.6) is 0 Å². The third kappa shape index (κ3) is 6.92. The second kappa shape index (κ2) is 8.61. The molecule has 0 aromatic heterocycles. The fraction of sp³-hybridized carbons (Fsp3) is 0.625. The average molecular weight is 356 g/mol. The van der Waals surface area contributed by atoms with Gasteiger partial charge in [0.1, 0.15) is 18.2 Å². The van der Waals surface area contributed by atoms with Crippen molar-refractivity contribution in [3.05, 3.63) is 12.2 Å². The summed E-state index contributed by atoms with van der Waals surface area (Å²) < 4.78 is 10.3. The van der Waals surface area contributed by atoms with Crippen molar-refractivity contribution in [1.29, 1.82) is 0 Å². The van der Waals surface area contributed by atoms with E-state index in [0.29, 0.717) is 6.08 Å². The van der Waals surface area contributed by atoms with E-state index in [1.165, 1.54) is 12.0 Å². The maximum Gasteiger partial charge on any atom is 0.328 e. The van der Waals surface area contributed by atoms with Crippen LogP contribution in [0.15, 0.2) is 12.2 Å². The monoisotopic (exact) mass is 356 g/mol. The largest absolute Gasteiger partial charge is 0.478 e. The number of esters is 1. The molecule has 140 valence electrons. The summed E-state index contributed by atoms with van der Waals surface area (Å²) in [4.78, 5) is 47.9. The summed E-state index contributed by atoms with van der Waals surface area (Å²) in [5.41, 5.74) is -0.675. The Kier molecular flexibility index (Phi) is 7.10. The number of nitrogens with one attached hydrogen (secondary N) is 1. The number of carbonyl (C=O) groups is 4. The highest BCUT2D eigenvalue weighted by Gasteiger charge is 2.41. The second-order valence-corrected chi connectivity index (χ2v) is 6.63. The van der Waals surface area contributed by atoms with Gasteiger partial charge in [-0.2, -0.15) is 0 Å². The molecule has 0 spiro atoms. The van der Waals surface area contributed by atoms with Gasteiger partial charge < -0.3 is 24.8 Å². The minimum absolute atomic E-state index is 0.200. The van der Waals surface area contributed by atoms with Crippen LogP contribution in [0.1, 0.15) is 27.2 Å². The molecule has 1 heterocycles. The molecule has 2 N–H and O–H groups in total. The smallest absolute Gasteiger partial charge is 0.328 e. The van der Waals surface area contributed by atoms with Gasteiger partial charge in [-0.15, -0.1) is 0 Å². The number of methoxy groups -OCH3 is 1. The fourth-order valence-corrected chi connectivity index (χ4v) is 2.44. The Morgan fingerprint density at radius 1 is 1.32 bits per heavy atom. The van der Waals surface area contributed by atoms with Crippen LogP contribution in [-0.2, 0) is 28.7 Å². The molecule has 2 amide bonds. The summed E-state index contributed by atoms with van der Waals surface area (Å²) in [7, 11) is 1.47. The number of hydrogen-bond acceptors (Lipinski definition) is 6. The highest BCUT2D eigenvalue weighted by molar-refractivity contribution is 5.97. The third-order valence-corrected chi connectivity index (χ3v) is 3.30. The van der Waals surface area contributed by atoms with Crippen LogP contribution < -0.4 is 5.32 Å². The topological polar surface area (TPSA) is 122 Å². The average Bonchev–Trinajstić information content (AvgIpc) is 2.72. The SMILES string of the molecule is COC[C@@H]1C[C@H](NC(=O)/C=C/C(=O)O)C(=O)N1CC(=O)OC(C)(C)C. The van der Waals surface area contributed by atoms with Crippen LogP contribution >= 0.6 is 0 Å². The van der Waals surface area contributed by atoms with Gasteiger partial charge in [-0.25, -0.2) is 4.79 Å². The molecule has 0 radical (unpaired) electrons. The van der Waals surface area contributed by atoms with Gasteiger partial charge in [0.2, 0.25) is 11.8 Å². The first-order valence-electron chi connectivity index (χ1n) is 7.76.